The van der Waals surface area contributed by atoms with Gasteiger partial charge in [-0.2, -0.15) is 5.26 Å². The Labute approximate surface area is 185 Å². The van der Waals surface area contributed by atoms with Crippen molar-refractivity contribution in [1.82, 2.24) is 5.32 Å². The van der Waals surface area contributed by atoms with E-state index in [9.17, 15) is 10.1 Å². The molecule has 6 heteroatoms. The topological polar surface area (TPSA) is 83.4 Å². The highest BCUT2D eigenvalue weighted by atomic mass is 16.6. The van der Waals surface area contributed by atoms with E-state index in [1.54, 1.807) is 39.3 Å². The molecule has 1 aromatic carbocycles. The number of carbonyl (C=O) groups is 1. The van der Waals surface area contributed by atoms with Crippen LogP contribution in [0.1, 0.15) is 32.8 Å². The standard InChI is InChI=1S/C23H25N3O3.C2H6/c1-5-16(2)29-23(27)26-19-11-9-17(10-12-19)13-18(15-24)21-8-6-7-20(28-4)14-22(21)25-3;1-2/h5,7-14,16,25H,1,6H2,2-4H3,(H,26,27);1-2H3/b18-13+;. The average Bonchev–Trinajstić information content (AvgIpc) is 3.01. The van der Waals surface area contributed by atoms with Crippen molar-refractivity contribution in [3.05, 3.63) is 83.3 Å². The number of benzene rings is 1. The maximum Gasteiger partial charge on any atom is 0.412 e. The van der Waals surface area contributed by atoms with Crippen molar-refractivity contribution in [3.63, 3.8) is 0 Å². The fourth-order valence-corrected chi connectivity index (χ4v) is 2.65. The van der Waals surface area contributed by atoms with Crippen LogP contribution in [0.3, 0.4) is 0 Å². The van der Waals surface area contributed by atoms with E-state index < -0.39 is 6.09 Å². The maximum absolute atomic E-state index is 11.8. The molecule has 0 saturated heterocycles. The van der Waals surface area contributed by atoms with Crippen LogP contribution in [0.4, 0.5) is 10.5 Å². The lowest BCUT2D eigenvalue weighted by Gasteiger charge is -2.11. The lowest BCUT2D eigenvalue weighted by Crippen LogP contribution is -2.18. The minimum atomic E-state index is -0.549. The fourth-order valence-electron chi connectivity index (χ4n) is 2.65. The van der Waals surface area contributed by atoms with Crippen molar-refractivity contribution in [1.29, 1.82) is 5.26 Å². The summed E-state index contributed by atoms with van der Waals surface area (Å²) in [6, 6.07) is 9.42. The van der Waals surface area contributed by atoms with Gasteiger partial charge in [0.05, 0.1) is 18.8 Å². The van der Waals surface area contributed by atoms with Gasteiger partial charge in [0.2, 0.25) is 0 Å². The van der Waals surface area contributed by atoms with E-state index in [1.807, 2.05) is 44.2 Å². The molecule has 1 amide bonds. The van der Waals surface area contributed by atoms with Crippen LogP contribution < -0.4 is 10.6 Å². The Balaban J connectivity index is 0.00000233. The van der Waals surface area contributed by atoms with E-state index in [-0.39, 0.29) is 6.10 Å². The molecular weight excluding hydrogens is 390 g/mol. The summed E-state index contributed by atoms with van der Waals surface area (Å²) in [5.41, 5.74) is 3.57. The Hall–Kier alpha value is -3.72. The van der Waals surface area contributed by atoms with Gasteiger partial charge >= 0.3 is 6.09 Å². The third kappa shape index (κ3) is 7.90. The minimum Gasteiger partial charge on any atom is -0.497 e. The van der Waals surface area contributed by atoms with Crippen molar-refractivity contribution in [2.45, 2.75) is 33.3 Å². The second-order valence-electron chi connectivity index (χ2n) is 6.24. The number of nitriles is 1. The zero-order chi connectivity index (χ0) is 23.2. The summed E-state index contributed by atoms with van der Waals surface area (Å²) in [6.07, 6.45) is 8.88. The van der Waals surface area contributed by atoms with Crippen LogP contribution in [0.5, 0.6) is 0 Å². The summed E-state index contributed by atoms with van der Waals surface area (Å²) in [4.78, 5) is 11.8. The number of nitrogens with one attached hydrogen (secondary N) is 2. The number of anilines is 1. The Morgan fingerprint density at radius 3 is 2.48 bits per heavy atom. The molecule has 0 bridgehead atoms. The molecule has 0 aliphatic heterocycles. The summed E-state index contributed by atoms with van der Waals surface area (Å²) in [5.74, 6) is 0.742. The predicted octanol–water partition coefficient (Wildman–Crippen LogP) is 5.71. The zero-order valence-electron chi connectivity index (χ0n) is 18.9. The van der Waals surface area contributed by atoms with Crippen molar-refractivity contribution >= 4 is 17.9 Å². The normalized spacial score (nSPS) is 14.1. The molecule has 1 aliphatic rings. The Morgan fingerprint density at radius 1 is 1.26 bits per heavy atom. The average molecular weight is 422 g/mol. The molecule has 0 heterocycles. The van der Waals surface area contributed by atoms with Crippen molar-refractivity contribution in [3.8, 4) is 6.07 Å². The van der Waals surface area contributed by atoms with Crippen molar-refractivity contribution in [2.75, 3.05) is 19.5 Å². The molecule has 2 N–H and O–H groups in total. The van der Waals surface area contributed by atoms with Gasteiger partial charge in [0, 0.05) is 30.1 Å². The van der Waals surface area contributed by atoms with Crippen molar-refractivity contribution < 1.29 is 14.3 Å². The number of hydrogen-bond acceptors (Lipinski definition) is 5. The van der Waals surface area contributed by atoms with Crippen LogP contribution in [0, 0.1) is 11.3 Å². The lowest BCUT2D eigenvalue weighted by atomic mass is 10.00. The first-order valence-corrected chi connectivity index (χ1v) is 10.2. The molecular formula is C25H31N3O3. The fraction of sp³-hybridized carbons (Fsp3) is 0.280. The van der Waals surface area contributed by atoms with E-state index in [0.717, 1.165) is 22.6 Å². The second-order valence-corrected chi connectivity index (χ2v) is 6.24. The molecule has 1 atom stereocenters. The molecule has 0 fully saturated rings. The predicted molar refractivity (Wildman–Crippen MR) is 126 cm³/mol. The molecule has 1 aromatic rings. The summed E-state index contributed by atoms with van der Waals surface area (Å²) in [5, 5.41) is 15.5. The zero-order valence-corrected chi connectivity index (χ0v) is 18.9. The number of rotatable bonds is 7. The van der Waals surface area contributed by atoms with Gasteiger partial charge < -0.3 is 14.8 Å². The molecule has 0 spiro atoms. The first-order chi connectivity index (χ1) is 15.0. The number of allylic oxidation sites excluding steroid dienone is 4. The number of methoxy groups -OCH3 is 1. The quantitative estimate of drug-likeness (QED) is 0.435. The van der Waals surface area contributed by atoms with Crippen LogP contribution in [0.25, 0.3) is 6.08 Å². The summed E-state index contributed by atoms with van der Waals surface area (Å²) in [7, 11) is 3.42. The molecule has 1 unspecified atom stereocenters. The number of carbonyl (C=O) groups excluding carboxylic acids is 1. The van der Waals surface area contributed by atoms with Crippen molar-refractivity contribution in [2.24, 2.45) is 0 Å². The number of ether oxygens (including phenoxy) is 2. The minimum absolute atomic E-state index is 0.370. The number of likely N-dealkylation sites (N-methyl/N-ethyl adjacent to an activating group) is 1. The first kappa shape index (κ1) is 25.3. The lowest BCUT2D eigenvalue weighted by molar-refractivity contribution is 0.142. The molecule has 0 saturated carbocycles. The van der Waals surface area contributed by atoms with Gasteiger partial charge in [0.15, 0.2) is 0 Å². The number of hydrogen-bond donors (Lipinski definition) is 2. The van der Waals surface area contributed by atoms with Gasteiger partial charge in [-0.25, -0.2) is 4.79 Å². The summed E-state index contributed by atoms with van der Waals surface area (Å²) in [6.45, 7) is 9.30. The van der Waals surface area contributed by atoms with E-state index >= 15 is 0 Å². The third-order valence-corrected chi connectivity index (χ3v) is 4.23. The Morgan fingerprint density at radius 2 is 1.94 bits per heavy atom. The van der Waals surface area contributed by atoms with Gasteiger partial charge in [0.1, 0.15) is 11.9 Å². The summed E-state index contributed by atoms with van der Waals surface area (Å²) >= 11 is 0. The molecule has 0 aromatic heterocycles. The SMILES string of the molecule is C=CC(C)OC(=O)Nc1ccc(/C=C(\C#N)C2=CCC=C(OC)C=C2NC)cc1.CC. The van der Waals surface area contributed by atoms with Crippen LogP contribution >= 0.6 is 0 Å². The van der Waals surface area contributed by atoms with E-state index in [0.29, 0.717) is 17.7 Å². The van der Waals surface area contributed by atoms with Crippen LogP contribution in [0.2, 0.25) is 0 Å². The van der Waals surface area contributed by atoms with Crippen LogP contribution in [-0.4, -0.2) is 26.4 Å². The first-order valence-electron chi connectivity index (χ1n) is 10.2. The van der Waals surface area contributed by atoms with Crippen LogP contribution in [-0.2, 0) is 9.47 Å². The van der Waals surface area contributed by atoms with Gasteiger partial charge in [-0.15, -0.1) is 0 Å². The Kier molecular flexibility index (Phi) is 11.0. The highest BCUT2D eigenvalue weighted by molar-refractivity contribution is 5.85. The Bertz CT molecular complexity index is 916. The van der Waals surface area contributed by atoms with E-state index in [2.05, 4.69) is 23.3 Å². The van der Waals surface area contributed by atoms with E-state index in [4.69, 9.17) is 9.47 Å². The molecule has 6 nitrogen and oxygen atoms in total. The maximum atomic E-state index is 11.8. The number of amides is 1. The largest absolute Gasteiger partial charge is 0.497 e. The van der Waals surface area contributed by atoms with Gasteiger partial charge in [-0.1, -0.05) is 44.7 Å². The molecule has 31 heavy (non-hydrogen) atoms. The third-order valence-electron chi connectivity index (χ3n) is 4.23. The summed E-state index contributed by atoms with van der Waals surface area (Å²) < 4.78 is 10.4. The van der Waals surface area contributed by atoms with Gasteiger partial charge in [0.25, 0.3) is 0 Å². The van der Waals surface area contributed by atoms with Crippen LogP contribution in [0.15, 0.2) is 77.8 Å². The molecule has 2 rings (SSSR count). The van der Waals surface area contributed by atoms with Gasteiger partial charge in [-0.05, 0) is 43.2 Å². The molecule has 164 valence electrons. The highest BCUT2D eigenvalue weighted by Gasteiger charge is 2.13. The molecule has 1 aliphatic carbocycles. The molecule has 0 radical (unpaired) electrons. The van der Waals surface area contributed by atoms with E-state index in [1.165, 1.54) is 6.08 Å². The monoisotopic (exact) mass is 421 g/mol. The second kappa shape index (κ2) is 13.5. The smallest absolute Gasteiger partial charge is 0.412 e. The van der Waals surface area contributed by atoms with Gasteiger partial charge in [-0.3, -0.25) is 5.32 Å². The number of nitrogens with zero attached hydrogens (tertiary/aromatic N) is 1. The highest BCUT2D eigenvalue weighted by Crippen LogP contribution is 2.25.